The second kappa shape index (κ2) is 6.68. The summed E-state index contributed by atoms with van der Waals surface area (Å²) in [7, 11) is 0. The highest BCUT2D eigenvalue weighted by Crippen LogP contribution is 2.25. The number of primary amides is 1. The molecule has 0 aromatic heterocycles. The quantitative estimate of drug-likeness (QED) is 0.879. The zero-order valence-corrected chi connectivity index (χ0v) is 11.4. The first kappa shape index (κ1) is 14.0. The summed E-state index contributed by atoms with van der Waals surface area (Å²) in [6.07, 6.45) is 2.32. The van der Waals surface area contributed by atoms with Gasteiger partial charge in [0.25, 0.3) is 0 Å². The first-order valence-electron chi connectivity index (χ1n) is 6.92. The smallest absolute Gasteiger partial charge is 0.239 e. The van der Waals surface area contributed by atoms with Crippen LogP contribution in [0.2, 0.25) is 0 Å². The number of rotatable bonds is 5. The van der Waals surface area contributed by atoms with Gasteiger partial charge in [-0.15, -0.1) is 0 Å². The van der Waals surface area contributed by atoms with Crippen molar-refractivity contribution in [2.24, 2.45) is 5.73 Å². The molecule has 0 bridgehead atoms. The topological polar surface area (TPSA) is 55.6 Å². The summed E-state index contributed by atoms with van der Waals surface area (Å²) in [5, 5.41) is 0. The highest BCUT2D eigenvalue weighted by molar-refractivity contribution is 5.81. The van der Waals surface area contributed by atoms with Crippen LogP contribution in [0, 0.1) is 0 Å². The van der Waals surface area contributed by atoms with Gasteiger partial charge in [-0.2, -0.15) is 0 Å². The Kier molecular flexibility index (Phi) is 4.93. The fraction of sp³-hybridized carbons (Fsp3) is 0.533. The number of ether oxygens (including phenoxy) is 1. The molecule has 1 amide bonds. The number of benzene rings is 1. The molecule has 1 aromatic carbocycles. The highest BCUT2D eigenvalue weighted by Gasteiger charge is 2.30. The monoisotopic (exact) mass is 262 g/mol. The largest absolute Gasteiger partial charge is 0.377 e. The van der Waals surface area contributed by atoms with E-state index in [9.17, 15) is 4.79 Å². The zero-order valence-electron chi connectivity index (χ0n) is 11.4. The van der Waals surface area contributed by atoms with Crippen LogP contribution < -0.4 is 5.73 Å². The van der Waals surface area contributed by atoms with E-state index in [-0.39, 0.29) is 18.1 Å². The van der Waals surface area contributed by atoms with Crippen molar-refractivity contribution >= 4 is 5.91 Å². The Balaban J connectivity index is 2.13. The lowest BCUT2D eigenvalue weighted by atomic mass is 10.00. The fourth-order valence-corrected chi connectivity index (χ4v) is 2.76. The molecule has 0 unspecified atom stereocenters. The number of carbonyl (C=O) groups is 1. The van der Waals surface area contributed by atoms with Gasteiger partial charge in [-0.1, -0.05) is 30.3 Å². The van der Waals surface area contributed by atoms with Crippen molar-refractivity contribution in [2.75, 3.05) is 19.7 Å². The number of hydrogen-bond donors (Lipinski definition) is 1. The molecule has 4 heteroatoms. The Morgan fingerprint density at radius 2 is 2.21 bits per heavy atom. The van der Waals surface area contributed by atoms with Crippen LogP contribution >= 0.6 is 0 Å². The minimum atomic E-state index is -0.343. The van der Waals surface area contributed by atoms with E-state index in [1.807, 2.05) is 37.3 Å². The molecule has 0 aliphatic carbocycles. The molecular weight excluding hydrogens is 240 g/mol. The molecule has 104 valence electrons. The van der Waals surface area contributed by atoms with Crippen LogP contribution in [0.4, 0.5) is 0 Å². The predicted molar refractivity (Wildman–Crippen MR) is 74.6 cm³/mol. The first-order chi connectivity index (χ1) is 9.22. The van der Waals surface area contributed by atoms with E-state index in [0.717, 1.165) is 31.5 Å². The van der Waals surface area contributed by atoms with Gasteiger partial charge in [0.15, 0.2) is 0 Å². The Bertz CT molecular complexity index is 406. The summed E-state index contributed by atoms with van der Waals surface area (Å²) in [4.78, 5) is 13.9. The summed E-state index contributed by atoms with van der Waals surface area (Å²) in [6, 6.07) is 9.40. The first-order valence-corrected chi connectivity index (χ1v) is 6.92. The van der Waals surface area contributed by atoms with E-state index in [1.54, 1.807) is 0 Å². The molecule has 1 aliphatic heterocycles. The molecule has 2 rings (SSSR count). The molecule has 4 nitrogen and oxygen atoms in total. The third-order valence-electron chi connectivity index (χ3n) is 3.56. The van der Waals surface area contributed by atoms with Crippen LogP contribution in [0.5, 0.6) is 0 Å². The Morgan fingerprint density at radius 3 is 2.84 bits per heavy atom. The summed E-state index contributed by atoms with van der Waals surface area (Å²) in [5.74, 6) is -0.289. The van der Waals surface area contributed by atoms with Gasteiger partial charge in [0.2, 0.25) is 5.91 Å². The van der Waals surface area contributed by atoms with Crippen molar-refractivity contribution in [3.8, 4) is 0 Å². The fourth-order valence-electron chi connectivity index (χ4n) is 2.76. The summed E-state index contributed by atoms with van der Waals surface area (Å²) >= 11 is 0. The molecule has 1 aromatic rings. The van der Waals surface area contributed by atoms with Gasteiger partial charge >= 0.3 is 0 Å². The number of nitrogens with two attached hydrogens (primary N) is 1. The molecule has 1 saturated heterocycles. The maximum Gasteiger partial charge on any atom is 0.239 e. The molecule has 0 saturated carbocycles. The van der Waals surface area contributed by atoms with Crippen LogP contribution in [0.1, 0.15) is 31.4 Å². The molecule has 0 radical (unpaired) electrons. The number of likely N-dealkylation sites (tertiary alicyclic amines) is 1. The molecule has 1 fully saturated rings. The summed E-state index contributed by atoms with van der Waals surface area (Å²) < 4.78 is 5.69. The number of amides is 1. The lowest BCUT2D eigenvalue weighted by Gasteiger charge is -2.36. The Labute approximate surface area is 114 Å². The van der Waals surface area contributed by atoms with Crippen molar-refractivity contribution in [3.63, 3.8) is 0 Å². The normalized spacial score (nSPS) is 22.1. The van der Waals surface area contributed by atoms with Crippen LogP contribution in [-0.2, 0) is 9.53 Å². The third-order valence-corrected chi connectivity index (χ3v) is 3.56. The van der Waals surface area contributed by atoms with Crippen molar-refractivity contribution in [1.29, 1.82) is 0 Å². The standard InChI is InChI=1S/C15H22N2O2/c1-2-19-13-9-6-10-17(11-13)14(15(16)18)12-7-4-3-5-8-12/h3-5,7-8,13-14H,2,6,9-11H2,1H3,(H2,16,18)/t13-,14-/m0/s1. The summed E-state index contributed by atoms with van der Waals surface area (Å²) in [6.45, 7) is 4.38. The molecule has 2 N–H and O–H groups in total. The van der Waals surface area contributed by atoms with Gasteiger partial charge < -0.3 is 10.5 Å². The molecule has 1 aliphatic rings. The number of hydrogen-bond acceptors (Lipinski definition) is 3. The van der Waals surface area contributed by atoms with E-state index in [2.05, 4.69) is 4.90 Å². The van der Waals surface area contributed by atoms with Crippen molar-refractivity contribution in [2.45, 2.75) is 31.9 Å². The van der Waals surface area contributed by atoms with Gasteiger partial charge in [0.1, 0.15) is 6.04 Å². The second-order valence-corrected chi connectivity index (χ2v) is 4.93. The highest BCUT2D eigenvalue weighted by atomic mass is 16.5. The Morgan fingerprint density at radius 1 is 1.47 bits per heavy atom. The molecule has 19 heavy (non-hydrogen) atoms. The van der Waals surface area contributed by atoms with Crippen LogP contribution in [0.25, 0.3) is 0 Å². The van der Waals surface area contributed by atoms with E-state index < -0.39 is 0 Å². The molecule has 2 atom stereocenters. The maximum atomic E-state index is 11.8. The van der Waals surface area contributed by atoms with Gasteiger partial charge in [0.05, 0.1) is 6.10 Å². The van der Waals surface area contributed by atoms with E-state index in [1.165, 1.54) is 0 Å². The van der Waals surface area contributed by atoms with Gasteiger partial charge in [-0.05, 0) is 31.9 Å². The lowest BCUT2D eigenvalue weighted by molar-refractivity contribution is -0.125. The minimum Gasteiger partial charge on any atom is -0.377 e. The van der Waals surface area contributed by atoms with E-state index in [4.69, 9.17) is 10.5 Å². The van der Waals surface area contributed by atoms with Crippen LogP contribution in [0.3, 0.4) is 0 Å². The van der Waals surface area contributed by atoms with E-state index in [0.29, 0.717) is 6.61 Å². The second-order valence-electron chi connectivity index (χ2n) is 4.93. The molecular formula is C15H22N2O2. The predicted octanol–water partition coefficient (Wildman–Crippen LogP) is 1.71. The molecule has 1 heterocycles. The van der Waals surface area contributed by atoms with Crippen molar-refractivity contribution < 1.29 is 9.53 Å². The molecule has 0 spiro atoms. The lowest BCUT2D eigenvalue weighted by Crippen LogP contribution is -2.46. The Hall–Kier alpha value is -1.39. The van der Waals surface area contributed by atoms with Gasteiger partial charge in [0, 0.05) is 13.2 Å². The van der Waals surface area contributed by atoms with Crippen molar-refractivity contribution in [1.82, 2.24) is 4.90 Å². The van der Waals surface area contributed by atoms with Gasteiger partial charge in [-0.25, -0.2) is 0 Å². The van der Waals surface area contributed by atoms with Crippen molar-refractivity contribution in [3.05, 3.63) is 35.9 Å². The maximum absolute atomic E-state index is 11.8. The zero-order chi connectivity index (χ0) is 13.7. The van der Waals surface area contributed by atoms with Crippen LogP contribution in [-0.4, -0.2) is 36.6 Å². The SMILES string of the molecule is CCO[C@H]1CCCN([C@H](C(N)=O)c2ccccc2)C1. The van der Waals surface area contributed by atoms with Crippen LogP contribution in [0.15, 0.2) is 30.3 Å². The number of nitrogens with zero attached hydrogens (tertiary/aromatic N) is 1. The minimum absolute atomic E-state index is 0.212. The average Bonchev–Trinajstić information content (AvgIpc) is 2.40. The third kappa shape index (κ3) is 3.55. The van der Waals surface area contributed by atoms with E-state index >= 15 is 0 Å². The number of carbonyl (C=O) groups excluding carboxylic acids is 1. The number of piperidine rings is 1. The average molecular weight is 262 g/mol. The summed E-state index contributed by atoms with van der Waals surface area (Å²) in [5.41, 5.74) is 6.56. The van der Waals surface area contributed by atoms with Gasteiger partial charge in [-0.3, -0.25) is 9.69 Å².